The highest BCUT2D eigenvalue weighted by Crippen LogP contribution is 2.59. The number of aromatic nitrogens is 2. The predicted octanol–water partition coefficient (Wildman–Crippen LogP) is 10.5. The zero-order chi connectivity index (χ0) is 29.4. The van der Waals surface area contributed by atoms with Crippen LogP contribution in [0.4, 0.5) is 17.2 Å². The Labute approximate surface area is 258 Å². The molecule has 0 bridgehead atoms. The predicted molar refractivity (Wildman–Crippen MR) is 181 cm³/mol. The Morgan fingerprint density at radius 3 is 2.41 bits per heavy atom. The summed E-state index contributed by atoms with van der Waals surface area (Å²) in [5.41, 5.74) is 17.4. The molecule has 210 valence electrons. The van der Waals surface area contributed by atoms with Crippen LogP contribution in [-0.4, -0.2) is 9.97 Å². The van der Waals surface area contributed by atoms with E-state index in [0.717, 1.165) is 41.3 Å². The number of rotatable bonds is 2. The Morgan fingerprint density at radius 1 is 0.659 bits per heavy atom. The van der Waals surface area contributed by atoms with Gasteiger partial charge in [0.05, 0.1) is 17.1 Å². The minimum absolute atomic E-state index is 0.0830. The van der Waals surface area contributed by atoms with E-state index in [9.17, 15) is 0 Å². The topological polar surface area (TPSA) is 29.0 Å². The number of fused-ring (bicyclic) bond motifs is 11. The minimum atomic E-state index is -0.0830. The van der Waals surface area contributed by atoms with Crippen molar-refractivity contribution in [3.63, 3.8) is 0 Å². The fourth-order valence-electron chi connectivity index (χ4n) is 7.73. The zero-order valence-corrected chi connectivity index (χ0v) is 24.9. The second-order valence-corrected chi connectivity index (χ2v) is 12.5. The molecule has 0 spiro atoms. The maximum absolute atomic E-state index is 5.28. The number of pyridine rings is 2. The average Bonchev–Trinajstić information content (AvgIpc) is 3.22. The molecular weight excluding hydrogens is 534 g/mol. The minimum Gasteiger partial charge on any atom is -0.294 e. The first kappa shape index (κ1) is 25.2. The van der Waals surface area contributed by atoms with Crippen LogP contribution in [0.3, 0.4) is 0 Å². The molecule has 0 saturated heterocycles. The normalized spacial score (nSPS) is 14.9. The lowest BCUT2D eigenvalue weighted by Crippen LogP contribution is -2.14. The summed E-state index contributed by atoms with van der Waals surface area (Å²) in [5.74, 6) is 0.893. The van der Waals surface area contributed by atoms with E-state index in [1.54, 1.807) is 6.20 Å². The lowest BCUT2D eigenvalue weighted by molar-refractivity contribution is 0.660. The van der Waals surface area contributed by atoms with Gasteiger partial charge in [-0.1, -0.05) is 92.7 Å². The molecule has 0 radical (unpaired) electrons. The summed E-state index contributed by atoms with van der Waals surface area (Å²) in [6.45, 7) is 4.73. The summed E-state index contributed by atoms with van der Waals surface area (Å²) in [6, 6.07) is 37.7. The highest BCUT2D eigenvalue weighted by molar-refractivity contribution is 6.10. The van der Waals surface area contributed by atoms with Crippen LogP contribution < -0.4 is 4.90 Å². The standard InChI is InChI=1S/C41H31N3/c1-41(2)32-16-7-5-14-29(32)40-33(41)22-21-31-38-28-13-4-3-11-26(28)20-23-36(38)44(35-18-8-6-15-30(35)39(31)40)37-19-9-17-34(43-37)27-12-10-24-42-25-27/h4-10,12-25H,3,11H2,1-2H3. The summed E-state index contributed by atoms with van der Waals surface area (Å²) in [6.07, 6.45) is 10.5. The number of allylic oxidation sites excluding steroid dienone is 1. The Bertz CT molecular complexity index is 2160. The van der Waals surface area contributed by atoms with Gasteiger partial charge in [-0.3, -0.25) is 9.88 Å². The van der Waals surface area contributed by atoms with E-state index in [0.29, 0.717) is 0 Å². The molecular formula is C41H31N3. The summed E-state index contributed by atoms with van der Waals surface area (Å²) < 4.78 is 0. The van der Waals surface area contributed by atoms with Gasteiger partial charge in [0.1, 0.15) is 5.82 Å². The van der Waals surface area contributed by atoms with Crippen molar-refractivity contribution in [3.8, 4) is 44.6 Å². The maximum atomic E-state index is 5.28. The molecule has 3 aliphatic rings. The second kappa shape index (κ2) is 9.36. The Morgan fingerprint density at radius 2 is 1.52 bits per heavy atom. The fraction of sp³-hybridized carbons (Fsp3) is 0.122. The van der Waals surface area contributed by atoms with Gasteiger partial charge in [0.2, 0.25) is 0 Å². The maximum Gasteiger partial charge on any atom is 0.138 e. The average molecular weight is 566 g/mol. The monoisotopic (exact) mass is 565 g/mol. The first-order valence-electron chi connectivity index (χ1n) is 15.5. The molecule has 9 rings (SSSR count). The largest absolute Gasteiger partial charge is 0.294 e. The van der Waals surface area contributed by atoms with Crippen molar-refractivity contribution in [3.05, 3.63) is 144 Å². The number of benzene rings is 4. The van der Waals surface area contributed by atoms with Gasteiger partial charge in [-0.15, -0.1) is 0 Å². The van der Waals surface area contributed by atoms with Crippen LogP contribution >= 0.6 is 0 Å². The molecule has 3 heterocycles. The lowest BCUT2D eigenvalue weighted by Gasteiger charge is -2.28. The van der Waals surface area contributed by atoms with Crippen LogP contribution in [0, 0.1) is 0 Å². The van der Waals surface area contributed by atoms with Crippen LogP contribution in [0.1, 0.15) is 42.5 Å². The zero-order valence-electron chi connectivity index (χ0n) is 24.9. The van der Waals surface area contributed by atoms with Crippen molar-refractivity contribution in [2.45, 2.75) is 32.1 Å². The molecule has 3 nitrogen and oxygen atoms in total. The number of para-hydroxylation sites is 1. The molecule has 0 fully saturated rings. The van der Waals surface area contributed by atoms with Crippen molar-refractivity contribution in [2.24, 2.45) is 0 Å². The molecule has 4 aromatic carbocycles. The van der Waals surface area contributed by atoms with E-state index in [1.165, 1.54) is 55.6 Å². The van der Waals surface area contributed by atoms with Gasteiger partial charge in [-0.2, -0.15) is 0 Å². The van der Waals surface area contributed by atoms with Crippen LogP contribution in [0.5, 0.6) is 0 Å². The number of aryl methyl sites for hydroxylation is 1. The molecule has 1 aliphatic heterocycles. The van der Waals surface area contributed by atoms with Gasteiger partial charge in [0.25, 0.3) is 0 Å². The van der Waals surface area contributed by atoms with Gasteiger partial charge < -0.3 is 0 Å². The van der Waals surface area contributed by atoms with Crippen LogP contribution in [0.25, 0.3) is 50.7 Å². The molecule has 0 amide bonds. The molecule has 3 heteroatoms. The van der Waals surface area contributed by atoms with Gasteiger partial charge in [-0.25, -0.2) is 4.98 Å². The summed E-state index contributed by atoms with van der Waals surface area (Å²) in [5, 5.41) is 0. The van der Waals surface area contributed by atoms with Crippen molar-refractivity contribution in [1.82, 2.24) is 9.97 Å². The van der Waals surface area contributed by atoms with Gasteiger partial charge in [-0.05, 0) is 93.7 Å². The SMILES string of the molecule is CC1(C)c2ccccc2-c2c1ccc1c2-c2ccccc2N(c2cccc(-c3cccnc3)n2)c2ccc3c(c2-1)C=CCC3. The van der Waals surface area contributed by atoms with Crippen LogP contribution in [0.2, 0.25) is 0 Å². The molecule has 44 heavy (non-hydrogen) atoms. The summed E-state index contributed by atoms with van der Waals surface area (Å²) >= 11 is 0. The van der Waals surface area contributed by atoms with Crippen LogP contribution in [-0.2, 0) is 11.8 Å². The van der Waals surface area contributed by atoms with Crippen molar-refractivity contribution in [2.75, 3.05) is 4.90 Å². The van der Waals surface area contributed by atoms with Gasteiger partial charge in [0.15, 0.2) is 0 Å². The van der Waals surface area contributed by atoms with Crippen molar-refractivity contribution < 1.29 is 0 Å². The smallest absolute Gasteiger partial charge is 0.138 e. The molecule has 0 saturated carbocycles. The number of hydrogen-bond donors (Lipinski definition) is 0. The van der Waals surface area contributed by atoms with E-state index in [2.05, 4.69) is 133 Å². The quantitative estimate of drug-likeness (QED) is 0.209. The highest BCUT2D eigenvalue weighted by Gasteiger charge is 2.40. The number of nitrogens with zero attached hydrogens (tertiary/aromatic N) is 3. The molecule has 0 atom stereocenters. The summed E-state index contributed by atoms with van der Waals surface area (Å²) in [7, 11) is 0. The van der Waals surface area contributed by atoms with E-state index >= 15 is 0 Å². The fourth-order valence-corrected chi connectivity index (χ4v) is 7.73. The molecule has 0 N–H and O–H groups in total. The van der Waals surface area contributed by atoms with Gasteiger partial charge in [0, 0.05) is 34.5 Å². The molecule has 2 aromatic heterocycles. The third-order valence-corrected chi connectivity index (χ3v) is 9.77. The third-order valence-electron chi connectivity index (χ3n) is 9.77. The molecule has 6 aromatic rings. The first-order chi connectivity index (χ1) is 21.6. The number of hydrogen-bond acceptors (Lipinski definition) is 3. The lowest BCUT2D eigenvalue weighted by atomic mass is 9.79. The second-order valence-electron chi connectivity index (χ2n) is 12.5. The Hall–Kier alpha value is -5.28. The van der Waals surface area contributed by atoms with E-state index < -0.39 is 0 Å². The van der Waals surface area contributed by atoms with E-state index in [4.69, 9.17) is 4.98 Å². The van der Waals surface area contributed by atoms with Crippen molar-refractivity contribution >= 4 is 23.3 Å². The van der Waals surface area contributed by atoms with Crippen molar-refractivity contribution in [1.29, 1.82) is 0 Å². The molecule has 2 aliphatic carbocycles. The van der Waals surface area contributed by atoms with Crippen LogP contribution in [0.15, 0.2) is 122 Å². The Balaban J connectivity index is 1.41. The Kier molecular flexibility index (Phi) is 5.37. The number of anilines is 3. The first-order valence-corrected chi connectivity index (χ1v) is 15.5. The molecule has 0 unspecified atom stereocenters. The van der Waals surface area contributed by atoms with Gasteiger partial charge >= 0.3 is 0 Å². The highest BCUT2D eigenvalue weighted by atomic mass is 15.2. The van der Waals surface area contributed by atoms with E-state index in [-0.39, 0.29) is 5.41 Å². The summed E-state index contributed by atoms with van der Waals surface area (Å²) in [4.78, 5) is 12.0. The third kappa shape index (κ3) is 3.50. The van der Waals surface area contributed by atoms with E-state index in [1.807, 2.05) is 12.3 Å².